The van der Waals surface area contributed by atoms with Gasteiger partial charge in [0.25, 0.3) is 0 Å². The van der Waals surface area contributed by atoms with Crippen molar-refractivity contribution in [2.75, 3.05) is 0 Å². The van der Waals surface area contributed by atoms with E-state index in [2.05, 4.69) is 92.4 Å². The van der Waals surface area contributed by atoms with Crippen molar-refractivity contribution in [3.63, 3.8) is 0 Å². The molecule has 0 aliphatic heterocycles. The quantitative estimate of drug-likeness (QED) is 0.626. The van der Waals surface area contributed by atoms with Crippen LogP contribution in [0.3, 0.4) is 0 Å². The maximum Gasteiger partial charge on any atom is 0.212 e. The van der Waals surface area contributed by atoms with Crippen LogP contribution >= 0.6 is 0 Å². The van der Waals surface area contributed by atoms with Gasteiger partial charge in [0.15, 0.2) is 0 Å². The van der Waals surface area contributed by atoms with Crippen LogP contribution in [0.1, 0.15) is 35.1 Å². The van der Waals surface area contributed by atoms with E-state index in [0.717, 1.165) is 6.54 Å². The number of aryl methyl sites for hydroxylation is 3. The summed E-state index contributed by atoms with van der Waals surface area (Å²) in [6, 6.07) is 13.3. The second-order valence-corrected chi connectivity index (χ2v) is 6.28. The Labute approximate surface area is 138 Å². The molecular weight excluding hydrogens is 280 g/mol. The fourth-order valence-corrected chi connectivity index (χ4v) is 3.36. The number of hydrogen-bond acceptors (Lipinski definition) is 0. The van der Waals surface area contributed by atoms with E-state index in [0.29, 0.717) is 0 Å². The Morgan fingerprint density at radius 3 is 2.48 bits per heavy atom. The lowest BCUT2D eigenvalue weighted by atomic mass is 10.1. The molecule has 0 unspecified atom stereocenters. The lowest BCUT2D eigenvalue weighted by molar-refractivity contribution is -0.646. The molecule has 0 fully saturated rings. The van der Waals surface area contributed by atoms with Crippen molar-refractivity contribution >= 4 is 23.1 Å². The summed E-state index contributed by atoms with van der Waals surface area (Å²) in [5.74, 6) is 0. The third-order valence-electron chi connectivity index (χ3n) is 4.73. The molecule has 0 amide bonds. The molecule has 3 rings (SSSR count). The average molecular weight is 305 g/mol. The Balaban J connectivity index is 2.01. The summed E-state index contributed by atoms with van der Waals surface area (Å²) in [5, 5.41) is 1.29. The maximum atomic E-state index is 2.35. The highest BCUT2D eigenvalue weighted by molar-refractivity contribution is 5.78. The maximum absolute atomic E-state index is 2.35. The molecule has 23 heavy (non-hydrogen) atoms. The van der Waals surface area contributed by atoms with Crippen molar-refractivity contribution < 1.29 is 4.57 Å². The minimum Gasteiger partial charge on any atom is -0.349 e. The molecule has 0 aliphatic carbocycles. The highest BCUT2D eigenvalue weighted by Crippen LogP contribution is 2.18. The van der Waals surface area contributed by atoms with Gasteiger partial charge in [-0.25, -0.2) is 0 Å². The van der Waals surface area contributed by atoms with Crippen LogP contribution in [0.25, 0.3) is 23.1 Å². The largest absolute Gasteiger partial charge is 0.349 e. The number of nitrogens with zero attached hydrogens (tertiary/aromatic N) is 2. The van der Waals surface area contributed by atoms with Crippen LogP contribution in [0, 0.1) is 20.8 Å². The van der Waals surface area contributed by atoms with Crippen molar-refractivity contribution in [2.45, 2.75) is 34.2 Å². The van der Waals surface area contributed by atoms with Gasteiger partial charge in [0.2, 0.25) is 11.2 Å². The predicted molar refractivity (Wildman–Crippen MR) is 98.4 cm³/mol. The standard InChI is InChI=1S/C21H25N2/c1-6-23-16(3)14-18(17(23)4)8-10-20-11-9-19-13-15(2)7-12-21(19)22(20)5/h7-14H,6H2,1-5H3/q+1. The summed E-state index contributed by atoms with van der Waals surface area (Å²) >= 11 is 0. The monoisotopic (exact) mass is 305 g/mol. The van der Waals surface area contributed by atoms with Crippen LogP contribution in [0.4, 0.5) is 0 Å². The van der Waals surface area contributed by atoms with Crippen LogP contribution in [0.2, 0.25) is 0 Å². The van der Waals surface area contributed by atoms with Crippen LogP contribution in [0.15, 0.2) is 36.4 Å². The van der Waals surface area contributed by atoms with Gasteiger partial charge < -0.3 is 4.57 Å². The first-order valence-corrected chi connectivity index (χ1v) is 8.25. The van der Waals surface area contributed by atoms with Crippen LogP contribution in [-0.4, -0.2) is 4.57 Å². The van der Waals surface area contributed by atoms with Gasteiger partial charge in [0.05, 0.1) is 0 Å². The summed E-state index contributed by atoms with van der Waals surface area (Å²) in [5.41, 5.74) is 7.73. The molecule has 2 heterocycles. The highest BCUT2D eigenvalue weighted by atomic mass is 15.0. The average Bonchev–Trinajstić information content (AvgIpc) is 2.80. The summed E-state index contributed by atoms with van der Waals surface area (Å²) in [7, 11) is 2.13. The number of rotatable bonds is 3. The molecule has 2 heteroatoms. The van der Waals surface area contributed by atoms with Crippen molar-refractivity contribution in [2.24, 2.45) is 7.05 Å². The number of benzene rings is 1. The van der Waals surface area contributed by atoms with Crippen LogP contribution in [-0.2, 0) is 13.6 Å². The summed E-state index contributed by atoms with van der Waals surface area (Å²) in [6.07, 6.45) is 4.44. The molecule has 0 spiro atoms. The second kappa shape index (κ2) is 6.04. The van der Waals surface area contributed by atoms with E-state index in [4.69, 9.17) is 0 Å². The molecule has 0 saturated heterocycles. The third-order valence-corrected chi connectivity index (χ3v) is 4.73. The lowest BCUT2D eigenvalue weighted by Crippen LogP contribution is -2.32. The van der Waals surface area contributed by atoms with Gasteiger partial charge in [-0.05, 0) is 57.5 Å². The van der Waals surface area contributed by atoms with E-state index >= 15 is 0 Å². The van der Waals surface area contributed by atoms with Crippen molar-refractivity contribution in [3.05, 3.63) is 64.6 Å². The number of aromatic nitrogens is 2. The summed E-state index contributed by atoms with van der Waals surface area (Å²) in [6.45, 7) is 9.72. The molecule has 0 N–H and O–H groups in total. The molecule has 0 saturated carbocycles. The molecule has 2 nitrogen and oxygen atoms in total. The Kier molecular flexibility index (Phi) is 4.08. The Morgan fingerprint density at radius 2 is 1.78 bits per heavy atom. The summed E-state index contributed by atoms with van der Waals surface area (Å²) < 4.78 is 4.60. The minimum absolute atomic E-state index is 1.02. The first-order chi connectivity index (χ1) is 11.0. The molecule has 0 bridgehead atoms. The summed E-state index contributed by atoms with van der Waals surface area (Å²) in [4.78, 5) is 0. The molecule has 0 aliphatic rings. The van der Waals surface area contributed by atoms with Crippen LogP contribution < -0.4 is 4.57 Å². The fraction of sp³-hybridized carbons (Fsp3) is 0.286. The van der Waals surface area contributed by atoms with Crippen molar-refractivity contribution in [1.29, 1.82) is 0 Å². The van der Waals surface area contributed by atoms with Gasteiger partial charge in [-0.2, -0.15) is 4.57 Å². The first kappa shape index (κ1) is 15.5. The molecule has 0 radical (unpaired) electrons. The highest BCUT2D eigenvalue weighted by Gasteiger charge is 2.10. The number of hydrogen-bond donors (Lipinski definition) is 0. The zero-order valence-electron chi connectivity index (χ0n) is 14.7. The lowest BCUT2D eigenvalue weighted by Gasteiger charge is -2.04. The van der Waals surface area contributed by atoms with Crippen LogP contribution in [0.5, 0.6) is 0 Å². The van der Waals surface area contributed by atoms with Crippen molar-refractivity contribution in [1.82, 2.24) is 4.57 Å². The van der Waals surface area contributed by atoms with E-state index in [-0.39, 0.29) is 0 Å². The van der Waals surface area contributed by atoms with Crippen molar-refractivity contribution in [3.8, 4) is 0 Å². The zero-order chi connectivity index (χ0) is 16.6. The zero-order valence-corrected chi connectivity index (χ0v) is 14.7. The van der Waals surface area contributed by atoms with Gasteiger partial charge >= 0.3 is 0 Å². The van der Waals surface area contributed by atoms with Gasteiger partial charge in [-0.15, -0.1) is 0 Å². The minimum atomic E-state index is 1.02. The molecule has 118 valence electrons. The first-order valence-electron chi connectivity index (χ1n) is 8.25. The second-order valence-electron chi connectivity index (χ2n) is 6.28. The molecule has 2 aromatic heterocycles. The topological polar surface area (TPSA) is 8.81 Å². The number of fused-ring (bicyclic) bond motifs is 1. The predicted octanol–water partition coefficient (Wildman–Crippen LogP) is 4.58. The molecular formula is C21H25N2+. The van der Waals surface area contributed by atoms with Gasteiger partial charge in [-0.1, -0.05) is 11.6 Å². The fourth-order valence-electron chi connectivity index (χ4n) is 3.36. The van der Waals surface area contributed by atoms with E-state index < -0.39 is 0 Å². The Bertz CT molecular complexity index is 898. The smallest absolute Gasteiger partial charge is 0.212 e. The Hall–Kier alpha value is -2.35. The molecule has 0 atom stereocenters. The normalized spacial score (nSPS) is 11.7. The third kappa shape index (κ3) is 2.81. The van der Waals surface area contributed by atoms with E-state index in [1.54, 1.807) is 0 Å². The SMILES string of the molecule is CCn1c(C)cc(/C=C/c2ccc3cc(C)ccc3[n+]2C)c1C. The van der Waals surface area contributed by atoms with Gasteiger partial charge in [0, 0.05) is 41.5 Å². The molecule has 3 aromatic rings. The van der Waals surface area contributed by atoms with E-state index in [1.807, 2.05) is 0 Å². The Morgan fingerprint density at radius 1 is 1.00 bits per heavy atom. The van der Waals surface area contributed by atoms with E-state index in [9.17, 15) is 0 Å². The van der Waals surface area contributed by atoms with Gasteiger partial charge in [-0.3, -0.25) is 0 Å². The van der Waals surface area contributed by atoms with E-state index in [1.165, 1.54) is 39.1 Å². The van der Waals surface area contributed by atoms with Gasteiger partial charge in [0.1, 0.15) is 7.05 Å². The molecule has 1 aromatic carbocycles. The number of pyridine rings is 1.